The summed E-state index contributed by atoms with van der Waals surface area (Å²) in [5, 5.41) is 2.86. The third-order valence-corrected chi connectivity index (χ3v) is 6.33. The highest BCUT2D eigenvalue weighted by atomic mass is 32.2. The SMILES string of the molecule is CCS(=O)(=O)N(CC(=O)N[C@@H](C)c1ccc(C)cc1)c1ccc2c(c1)OCO2. The first-order chi connectivity index (χ1) is 13.3. The molecule has 1 aliphatic rings. The van der Waals surface area contributed by atoms with Gasteiger partial charge in [0.25, 0.3) is 0 Å². The fourth-order valence-corrected chi connectivity index (χ4v) is 3.96. The van der Waals surface area contributed by atoms with Crippen LogP contribution in [0, 0.1) is 6.92 Å². The number of anilines is 1. The number of nitrogens with one attached hydrogen (secondary N) is 1. The van der Waals surface area contributed by atoms with Gasteiger partial charge in [0, 0.05) is 6.07 Å². The van der Waals surface area contributed by atoms with Gasteiger partial charge in [-0.2, -0.15) is 0 Å². The lowest BCUT2D eigenvalue weighted by Crippen LogP contribution is -2.42. The van der Waals surface area contributed by atoms with E-state index < -0.39 is 10.0 Å². The molecule has 150 valence electrons. The van der Waals surface area contributed by atoms with Crippen molar-refractivity contribution in [1.82, 2.24) is 5.32 Å². The minimum absolute atomic E-state index is 0.0911. The Balaban J connectivity index is 1.78. The molecule has 3 rings (SSSR count). The summed E-state index contributed by atoms with van der Waals surface area (Å²) in [7, 11) is -3.66. The van der Waals surface area contributed by atoms with E-state index in [-0.39, 0.29) is 31.0 Å². The third kappa shape index (κ3) is 4.39. The van der Waals surface area contributed by atoms with Crippen LogP contribution in [0.4, 0.5) is 5.69 Å². The second-order valence-corrected chi connectivity index (χ2v) is 8.83. The van der Waals surface area contributed by atoms with Crippen molar-refractivity contribution < 1.29 is 22.7 Å². The molecule has 0 saturated carbocycles. The number of fused-ring (bicyclic) bond motifs is 1. The highest BCUT2D eigenvalue weighted by Gasteiger charge is 2.26. The van der Waals surface area contributed by atoms with Crippen LogP contribution in [-0.2, 0) is 14.8 Å². The molecule has 28 heavy (non-hydrogen) atoms. The Bertz CT molecular complexity index is 957. The number of hydrogen-bond donors (Lipinski definition) is 1. The maximum atomic E-state index is 12.6. The molecule has 0 unspecified atom stereocenters. The third-order valence-electron chi connectivity index (χ3n) is 4.59. The monoisotopic (exact) mass is 404 g/mol. The van der Waals surface area contributed by atoms with Crippen LogP contribution >= 0.6 is 0 Å². The summed E-state index contributed by atoms with van der Waals surface area (Å²) in [5.74, 6) is 0.502. The summed E-state index contributed by atoms with van der Waals surface area (Å²) < 4.78 is 36.9. The van der Waals surface area contributed by atoms with Gasteiger partial charge in [-0.15, -0.1) is 0 Å². The van der Waals surface area contributed by atoms with E-state index in [0.29, 0.717) is 17.2 Å². The second kappa shape index (κ2) is 8.10. The largest absolute Gasteiger partial charge is 0.454 e. The molecule has 8 heteroatoms. The molecule has 1 aliphatic heterocycles. The van der Waals surface area contributed by atoms with Crippen molar-refractivity contribution in [2.75, 3.05) is 23.4 Å². The Kier molecular flexibility index (Phi) is 5.79. The van der Waals surface area contributed by atoms with Crippen LogP contribution in [0.5, 0.6) is 11.5 Å². The average Bonchev–Trinajstić information content (AvgIpc) is 3.14. The predicted octanol–water partition coefficient (Wildman–Crippen LogP) is 2.76. The van der Waals surface area contributed by atoms with E-state index >= 15 is 0 Å². The summed E-state index contributed by atoms with van der Waals surface area (Å²) >= 11 is 0. The lowest BCUT2D eigenvalue weighted by atomic mass is 10.1. The number of rotatable bonds is 7. The fraction of sp³-hybridized carbons (Fsp3) is 0.350. The van der Waals surface area contributed by atoms with Crippen LogP contribution < -0.4 is 19.1 Å². The van der Waals surface area contributed by atoms with Gasteiger partial charge in [-0.05, 0) is 38.5 Å². The highest BCUT2D eigenvalue weighted by molar-refractivity contribution is 7.92. The number of amides is 1. The maximum absolute atomic E-state index is 12.6. The number of carbonyl (C=O) groups is 1. The predicted molar refractivity (Wildman–Crippen MR) is 107 cm³/mol. The van der Waals surface area contributed by atoms with Crippen LogP contribution in [0.3, 0.4) is 0 Å². The molecular weight excluding hydrogens is 380 g/mol. The lowest BCUT2D eigenvalue weighted by Gasteiger charge is -2.24. The van der Waals surface area contributed by atoms with Gasteiger partial charge < -0.3 is 14.8 Å². The molecule has 0 fully saturated rings. The minimum atomic E-state index is -3.66. The Morgan fingerprint density at radius 3 is 2.50 bits per heavy atom. The Hall–Kier alpha value is -2.74. The van der Waals surface area contributed by atoms with Gasteiger partial charge in [-0.1, -0.05) is 29.8 Å². The number of nitrogens with zero attached hydrogens (tertiary/aromatic N) is 1. The molecule has 1 N–H and O–H groups in total. The molecule has 0 aromatic heterocycles. The molecular formula is C20H24N2O5S. The smallest absolute Gasteiger partial charge is 0.241 e. The fourth-order valence-electron chi connectivity index (χ4n) is 2.90. The number of ether oxygens (including phenoxy) is 2. The normalized spacial score (nSPS) is 13.8. The quantitative estimate of drug-likeness (QED) is 0.767. The number of aryl methyl sites for hydroxylation is 1. The van der Waals surface area contributed by atoms with Gasteiger partial charge in [-0.3, -0.25) is 9.10 Å². The number of hydrogen-bond acceptors (Lipinski definition) is 5. The molecule has 0 radical (unpaired) electrons. The molecule has 2 aromatic carbocycles. The molecule has 0 spiro atoms. The van der Waals surface area contributed by atoms with E-state index in [2.05, 4.69) is 5.32 Å². The van der Waals surface area contributed by atoms with Gasteiger partial charge in [0.05, 0.1) is 17.5 Å². The second-order valence-electron chi connectivity index (χ2n) is 6.64. The van der Waals surface area contributed by atoms with Gasteiger partial charge >= 0.3 is 0 Å². The van der Waals surface area contributed by atoms with Crippen molar-refractivity contribution in [3.05, 3.63) is 53.6 Å². The van der Waals surface area contributed by atoms with E-state index in [1.54, 1.807) is 25.1 Å². The zero-order valence-electron chi connectivity index (χ0n) is 16.1. The number of benzene rings is 2. The van der Waals surface area contributed by atoms with E-state index in [1.165, 1.54) is 0 Å². The number of carbonyl (C=O) groups excluding carboxylic acids is 1. The Morgan fingerprint density at radius 1 is 1.14 bits per heavy atom. The summed E-state index contributed by atoms with van der Waals surface area (Å²) in [5.41, 5.74) is 2.45. The van der Waals surface area contributed by atoms with Gasteiger partial charge in [-0.25, -0.2) is 8.42 Å². The Labute approximate surface area is 165 Å². The van der Waals surface area contributed by atoms with Crippen LogP contribution in [0.15, 0.2) is 42.5 Å². The van der Waals surface area contributed by atoms with E-state index in [0.717, 1.165) is 15.4 Å². The van der Waals surface area contributed by atoms with Crippen molar-refractivity contribution in [2.24, 2.45) is 0 Å². The van der Waals surface area contributed by atoms with Crippen LogP contribution in [0.2, 0.25) is 0 Å². The summed E-state index contributed by atoms with van der Waals surface area (Å²) in [6, 6.07) is 12.4. The van der Waals surface area contributed by atoms with E-state index in [1.807, 2.05) is 38.1 Å². The van der Waals surface area contributed by atoms with E-state index in [4.69, 9.17) is 9.47 Å². The summed E-state index contributed by atoms with van der Waals surface area (Å²) in [6.07, 6.45) is 0. The first-order valence-corrected chi connectivity index (χ1v) is 10.7. The molecule has 1 amide bonds. The first-order valence-electron chi connectivity index (χ1n) is 9.06. The topological polar surface area (TPSA) is 84.9 Å². The highest BCUT2D eigenvalue weighted by Crippen LogP contribution is 2.36. The molecule has 1 heterocycles. The van der Waals surface area contributed by atoms with Gasteiger partial charge in [0.15, 0.2) is 11.5 Å². The van der Waals surface area contributed by atoms with Crippen LogP contribution in [-0.4, -0.2) is 33.4 Å². The summed E-state index contributed by atoms with van der Waals surface area (Å²) in [4.78, 5) is 12.6. The molecule has 0 aliphatic carbocycles. The molecule has 2 aromatic rings. The van der Waals surface area contributed by atoms with Gasteiger partial charge in [0.2, 0.25) is 22.7 Å². The van der Waals surface area contributed by atoms with Crippen molar-refractivity contribution in [2.45, 2.75) is 26.8 Å². The van der Waals surface area contributed by atoms with Crippen molar-refractivity contribution in [1.29, 1.82) is 0 Å². The molecule has 7 nitrogen and oxygen atoms in total. The minimum Gasteiger partial charge on any atom is -0.454 e. The zero-order chi connectivity index (χ0) is 20.3. The standard InChI is InChI=1S/C20H24N2O5S/c1-4-28(24,25)22(17-9-10-18-19(11-17)27-13-26-18)12-20(23)21-15(3)16-7-5-14(2)6-8-16/h5-11,15H,4,12-13H2,1-3H3,(H,21,23)/t15-/m0/s1. The van der Waals surface area contributed by atoms with Crippen LogP contribution in [0.25, 0.3) is 0 Å². The van der Waals surface area contributed by atoms with Gasteiger partial charge in [0.1, 0.15) is 6.54 Å². The van der Waals surface area contributed by atoms with Crippen molar-refractivity contribution in [3.63, 3.8) is 0 Å². The molecule has 0 bridgehead atoms. The van der Waals surface area contributed by atoms with E-state index in [9.17, 15) is 13.2 Å². The summed E-state index contributed by atoms with van der Waals surface area (Å²) in [6.45, 7) is 5.18. The Morgan fingerprint density at radius 2 is 1.82 bits per heavy atom. The van der Waals surface area contributed by atoms with Crippen LogP contribution in [0.1, 0.15) is 31.0 Å². The molecule has 0 saturated heterocycles. The average molecular weight is 404 g/mol. The molecule has 1 atom stereocenters. The zero-order valence-corrected chi connectivity index (χ0v) is 17.0. The maximum Gasteiger partial charge on any atom is 0.241 e. The van der Waals surface area contributed by atoms with Crippen molar-refractivity contribution >= 4 is 21.6 Å². The van der Waals surface area contributed by atoms with Crippen molar-refractivity contribution in [3.8, 4) is 11.5 Å². The number of sulfonamides is 1. The first kappa shape index (κ1) is 20.0. The lowest BCUT2D eigenvalue weighted by molar-refractivity contribution is -0.120.